The second-order valence-electron chi connectivity index (χ2n) is 8.57. The fraction of sp³-hybridized carbons (Fsp3) is 0.958. The Hall–Kier alpha value is -0.570. The van der Waals surface area contributed by atoms with Crippen LogP contribution in [0.2, 0.25) is 0 Å². The summed E-state index contributed by atoms with van der Waals surface area (Å²) in [6.45, 7) is 12.1. The summed E-state index contributed by atoms with van der Waals surface area (Å²) in [7, 11) is 0. The van der Waals surface area contributed by atoms with Crippen molar-refractivity contribution in [2.45, 2.75) is 130 Å². The lowest BCUT2D eigenvalue weighted by Crippen LogP contribution is -2.60. The molecule has 0 saturated carbocycles. The second kappa shape index (κ2) is 17.5. The van der Waals surface area contributed by atoms with Crippen molar-refractivity contribution in [3.8, 4) is 0 Å². The maximum Gasteiger partial charge on any atom is 0.362 e. The monoisotopic (exact) mass is 384 g/mol. The predicted octanol–water partition coefficient (Wildman–Crippen LogP) is 7.19. The van der Waals surface area contributed by atoms with Crippen LogP contribution in [0.15, 0.2) is 0 Å². The molecule has 0 amide bonds. The van der Waals surface area contributed by atoms with Crippen LogP contribution in [0.4, 0.5) is 0 Å². The highest BCUT2D eigenvalue weighted by atomic mass is 16.4. The number of quaternary nitrogens is 1. The molecule has 0 fully saturated rings. The van der Waals surface area contributed by atoms with Gasteiger partial charge in [-0.3, -0.25) is 0 Å². The third-order valence-electron chi connectivity index (χ3n) is 6.15. The number of carbonyl (C=O) groups is 1. The van der Waals surface area contributed by atoms with Gasteiger partial charge in [-0.25, -0.2) is 4.79 Å². The van der Waals surface area contributed by atoms with E-state index >= 15 is 0 Å². The Kier molecular flexibility index (Phi) is 17.2. The first kappa shape index (κ1) is 26.4. The molecule has 1 atom stereocenters. The van der Waals surface area contributed by atoms with Gasteiger partial charge in [0.05, 0.1) is 19.6 Å². The van der Waals surface area contributed by atoms with Gasteiger partial charge in [0.2, 0.25) is 0 Å². The molecule has 0 aliphatic heterocycles. The minimum Gasteiger partial charge on any atom is -0.477 e. The van der Waals surface area contributed by atoms with E-state index in [4.69, 9.17) is 0 Å². The van der Waals surface area contributed by atoms with E-state index in [0.717, 1.165) is 75.5 Å². The number of carboxylic acid groups (broad SMARTS) is 1. The maximum atomic E-state index is 12.3. The summed E-state index contributed by atoms with van der Waals surface area (Å²) in [5.74, 6) is -0.554. The largest absolute Gasteiger partial charge is 0.477 e. The molecule has 0 aliphatic carbocycles. The number of nitrogens with zero attached hydrogens (tertiary/aromatic N) is 1. The van der Waals surface area contributed by atoms with Gasteiger partial charge in [0, 0.05) is 6.42 Å². The zero-order valence-corrected chi connectivity index (χ0v) is 19.1. The highest BCUT2D eigenvalue weighted by Gasteiger charge is 2.40. The number of hydrogen-bond acceptors (Lipinski definition) is 1. The predicted molar refractivity (Wildman–Crippen MR) is 118 cm³/mol. The van der Waals surface area contributed by atoms with E-state index in [2.05, 4.69) is 27.7 Å². The third-order valence-corrected chi connectivity index (χ3v) is 6.15. The number of carboxylic acids is 1. The van der Waals surface area contributed by atoms with Crippen LogP contribution in [0.25, 0.3) is 0 Å². The van der Waals surface area contributed by atoms with Crippen LogP contribution in [-0.4, -0.2) is 41.2 Å². The molecule has 3 nitrogen and oxygen atoms in total. The molecule has 0 aromatic carbocycles. The fourth-order valence-electron chi connectivity index (χ4n) is 4.33. The van der Waals surface area contributed by atoms with Crippen LogP contribution in [0.1, 0.15) is 124 Å². The minimum atomic E-state index is -0.554. The van der Waals surface area contributed by atoms with Gasteiger partial charge in [-0.2, -0.15) is 0 Å². The zero-order chi connectivity index (χ0) is 20.4. The Morgan fingerprint density at radius 3 is 1.37 bits per heavy atom. The molecule has 0 radical (unpaired) electrons. The quantitative estimate of drug-likeness (QED) is 0.178. The summed E-state index contributed by atoms with van der Waals surface area (Å²) in [5.41, 5.74) is 0. The average Bonchev–Trinajstić information content (AvgIpc) is 2.66. The molecular formula is C24H50NO2+. The standard InChI is InChI=1S/C24H49NO2/c1-5-9-13-14-15-16-17-18-19-23(24(26)27)25(20-10-6-2,21-11-7-3)22-12-8-4/h23H,5-22H2,1-4H3/p+1. The van der Waals surface area contributed by atoms with E-state index in [1.165, 1.54) is 44.9 Å². The molecule has 0 spiro atoms. The molecule has 27 heavy (non-hydrogen) atoms. The van der Waals surface area contributed by atoms with Crippen molar-refractivity contribution in [2.75, 3.05) is 19.6 Å². The molecule has 1 unspecified atom stereocenters. The fourth-order valence-corrected chi connectivity index (χ4v) is 4.33. The zero-order valence-electron chi connectivity index (χ0n) is 19.1. The summed E-state index contributed by atoms with van der Waals surface area (Å²) in [6.07, 6.45) is 18.0. The van der Waals surface area contributed by atoms with E-state index in [1.54, 1.807) is 0 Å². The molecule has 0 saturated heterocycles. The van der Waals surface area contributed by atoms with Crippen molar-refractivity contribution in [1.29, 1.82) is 0 Å². The van der Waals surface area contributed by atoms with Gasteiger partial charge in [-0.05, 0) is 25.7 Å². The van der Waals surface area contributed by atoms with Gasteiger partial charge in [-0.1, -0.05) is 91.9 Å². The third kappa shape index (κ3) is 11.8. The maximum absolute atomic E-state index is 12.3. The smallest absolute Gasteiger partial charge is 0.362 e. The Bertz CT molecular complexity index is 321. The SMILES string of the molecule is CCCCCCCCCCC(C(=O)O)[N+](CCCC)(CCCC)CCCC. The summed E-state index contributed by atoms with van der Waals surface area (Å²) >= 11 is 0. The Morgan fingerprint density at radius 1 is 0.630 bits per heavy atom. The first-order valence-electron chi connectivity index (χ1n) is 12.2. The lowest BCUT2D eigenvalue weighted by Gasteiger charge is -2.43. The summed E-state index contributed by atoms with van der Waals surface area (Å²) in [6, 6.07) is -0.199. The van der Waals surface area contributed by atoms with E-state index in [1.807, 2.05) is 0 Å². The molecule has 0 aromatic rings. The van der Waals surface area contributed by atoms with Crippen LogP contribution in [0, 0.1) is 0 Å². The van der Waals surface area contributed by atoms with E-state index < -0.39 is 5.97 Å². The van der Waals surface area contributed by atoms with Crippen LogP contribution in [0.5, 0.6) is 0 Å². The van der Waals surface area contributed by atoms with E-state index in [9.17, 15) is 9.90 Å². The van der Waals surface area contributed by atoms with Crippen LogP contribution in [-0.2, 0) is 4.79 Å². The van der Waals surface area contributed by atoms with Gasteiger partial charge in [-0.15, -0.1) is 0 Å². The first-order valence-corrected chi connectivity index (χ1v) is 12.2. The van der Waals surface area contributed by atoms with Crippen molar-refractivity contribution >= 4 is 5.97 Å². The molecule has 162 valence electrons. The number of unbranched alkanes of at least 4 members (excludes halogenated alkanes) is 10. The molecule has 3 heteroatoms. The average molecular weight is 385 g/mol. The molecular weight excluding hydrogens is 334 g/mol. The van der Waals surface area contributed by atoms with Crippen molar-refractivity contribution < 1.29 is 14.4 Å². The van der Waals surface area contributed by atoms with Crippen molar-refractivity contribution in [3.05, 3.63) is 0 Å². The molecule has 0 aliphatic rings. The first-order chi connectivity index (χ1) is 13.1. The van der Waals surface area contributed by atoms with E-state index in [0.29, 0.717) is 0 Å². The van der Waals surface area contributed by atoms with Crippen molar-refractivity contribution in [3.63, 3.8) is 0 Å². The molecule has 1 N–H and O–H groups in total. The van der Waals surface area contributed by atoms with Gasteiger partial charge >= 0.3 is 5.97 Å². The second-order valence-corrected chi connectivity index (χ2v) is 8.57. The van der Waals surface area contributed by atoms with Crippen LogP contribution in [0.3, 0.4) is 0 Å². The molecule has 0 aromatic heterocycles. The molecule has 0 bridgehead atoms. The van der Waals surface area contributed by atoms with Crippen LogP contribution >= 0.6 is 0 Å². The van der Waals surface area contributed by atoms with Gasteiger partial charge in [0.1, 0.15) is 0 Å². The topological polar surface area (TPSA) is 37.3 Å². The number of rotatable bonds is 20. The molecule has 0 rings (SSSR count). The summed E-state index contributed by atoms with van der Waals surface area (Å²) in [5, 5.41) is 10.1. The lowest BCUT2D eigenvalue weighted by molar-refractivity contribution is -0.944. The number of hydrogen-bond donors (Lipinski definition) is 1. The highest BCUT2D eigenvalue weighted by Crippen LogP contribution is 2.25. The number of aliphatic carboxylic acids is 1. The summed E-state index contributed by atoms with van der Waals surface area (Å²) < 4.78 is 0.835. The Morgan fingerprint density at radius 2 is 1.00 bits per heavy atom. The Balaban J connectivity index is 4.79. The Labute approximate surface area is 170 Å². The lowest BCUT2D eigenvalue weighted by atomic mass is 9.99. The van der Waals surface area contributed by atoms with Crippen molar-refractivity contribution in [1.82, 2.24) is 0 Å². The van der Waals surface area contributed by atoms with Gasteiger partial charge in [0.25, 0.3) is 0 Å². The van der Waals surface area contributed by atoms with Crippen LogP contribution < -0.4 is 0 Å². The van der Waals surface area contributed by atoms with Gasteiger partial charge in [0.15, 0.2) is 6.04 Å². The van der Waals surface area contributed by atoms with E-state index in [-0.39, 0.29) is 6.04 Å². The summed E-state index contributed by atoms with van der Waals surface area (Å²) in [4.78, 5) is 12.3. The van der Waals surface area contributed by atoms with Gasteiger partial charge < -0.3 is 9.59 Å². The molecule has 0 heterocycles. The highest BCUT2D eigenvalue weighted by molar-refractivity contribution is 5.72. The minimum absolute atomic E-state index is 0.199. The van der Waals surface area contributed by atoms with Crippen molar-refractivity contribution in [2.24, 2.45) is 0 Å². The normalized spacial score (nSPS) is 13.0.